The molecular formula is C7H9F3N2. The standard InChI is InChI=1S/C7H9F3N2/c8-7(9,10)6-4-12-3-5(6)1-2-11/h5-6,12H,1,3-4H2. The molecule has 1 N–H and O–H groups in total. The molecule has 0 radical (unpaired) electrons. The SMILES string of the molecule is N#CCC1CNCC1C(F)(F)F. The predicted molar refractivity (Wildman–Crippen MR) is 36.1 cm³/mol. The van der Waals surface area contributed by atoms with Crippen LogP contribution >= 0.6 is 0 Å². The summed E-state index contributed by atoms with van der Waals surface area (Å²) in [6.07, 6.45) is -4.18. The number of nitrogens with one attached hydrogen (secondary N) is 1. The molecule has 0 bridgehead atoms. The quantitative estimate of drug-likeness (QED) is 0.656. The molecule has 0 aromatic heterocycles. The van der Waals surface area contributed by atoms with Crippen molar-refractivity contribution in [2.24, 2.45) is 11.8 Å². The molecule has 1 saturated heterocycles. The number of nitrogens with zero attached hydrogens (tertiary/aromatic N) is 1. The molecule has 1 aliphatic heterocycles. The van der Waals surface area contributed by atoms with Crippen molar-refractivity contribution in [1.82, 2.24) is 5.32 Å². The zero-order valence-corrected chi connectivity index (χ0v) is 6.36. The second kappa shape index (κ2) is 3.31. The Labute approximate surface area is 68.4 Å². The van der Waals surface area contributed by atoms with Gasteiger partial charge >= 0.3 is 6.18 Å². The number of nitriles is 1. The lowest BCUT2D eigenvalue weighted by Crippen LogP contribution is -2.29. The number of halogens is 3. The highest BCUT2D eigenvalue weighted by Gasteiger charge is 2.46. The van der Waals surface area contributed by atoms with E-state index in [4.69, 9.17) is 5.26 Å². The van der Waals surface area contributed by atoms with E-state index in [-0.39, 0.29) is 13.0 Å². The summed E-state index contributed by atoms with van der Waals surface area (Å²) >= 11 is 0. The van der Waals surface area contributed by atoms with Gasteiger partial charge in [0.15, 0.2) is 0 Å². The molecule has 5 heteroatoms. The predicted octanol–water partition coefficient (Wildman–Crippen LogP) is 1.30. The second-order valence-electron chi connectivity index (χ2n) is 2.93. The molecule has 1 fully saturated rings. The first kappa shape index (κ1) is 9.33. The number of alkyl halides is 3. The van der Waals surface area contributed by atoms with Gasteiger partial charge in [-0.1, -0.05) is 0 Å². The van der Waals surface area contributed by atoms with E-state index in [1.54, 1.807) is 6.07 Å². The second-order valence-corrected chi connectivity index (χ2v) is 2.93. The Morgan fingerprint density at radius 1 is 1.42 bits per heavy atom. The summed E-state index contributed by atoms with van der Waals surface area (Å²) in [5.74, 6) is -1.90. The fourth-order valence-corrected chi connectivity index (χ4v) is 1.45. The van der Waals surface area contributed by atoms with Crippen molar-refractivity contribution in [3.05, 3.63) is 0 Å². The molecule has 12 heavy (non-hydrogen) atoms. The molecule has 0 amide bonds. The van der Waals surface area contributed by atoms with Crippen molar-refractivity contribution in [2.75, 3.05) is 13.1 Å². The van der Waals surface area contributed by atoms with E-state index in [9.17, 15) is 13.2 Å². The van der Waals surface area contributed by atoms with Crippen LogP contribution in [0.25, 0.3) is 0 Å². The van der Waals surface area contributed by atoms with Gasteiger partial charge < -0.3 is 5.32 Å². The van der Waals surface area contributed by atoms with Gasteiger partial charge in [-0.3, -0.25) is 0 Å². The first-order valence-corrected chi connectivity index (χ1v) is 3.70. The van der Waals surface area contributed by atoms with E-state index in [2.05, 4.69) is 5.32 Å². The van der Waals surface area contributed by atoms with Crippen LogP contribution in [0.15, 0.2) is 0 Å². The number of hydrogen-bond donors (Lipinski definition) is 1. The van der Waals surface area contributed by atoms with E-state index >= 15 is 0 Å². The highest BCUT2D eigenvalue weighted by molar-refractivity contribution is 4.90. The van der Waals surface area contributed by atoms with E-state index in [0.717, 1.165) is 0 Å². The average molecular weight is 178 g/mol. The van der Waals surface area contributed by atoms with Gasteiger partial charge in [-0.2, -0.15) is 18.4 Å². The molecule has 1 heterocycles. The maximum Gasteiger partial charge on any atom is 0.393 e. The first-order chi connectivity index (χ1) is 5.55. The molecule has 2 unspecified atom stereocenters. The van der Waals surface area contributed by atoms with Crippen LogP contribution in [0.1, 0.15) is 6.42 Å². The van der Waals surface area contributed by atoms with Crippen LogP contribution in [0.5, 0.6) is 0 Å². The summed E-state index contributed by atoms with van der Waals surface area (Å²) in [6, 6.07) is 1.77. The van der Waals surface area contributed by atoms with Crippen molar-refractivity contribution in [2.45, 2.75) is 12.6 Å². The minimum Gasteiger partial charge on any atom is -0.316 e. The molecule has 0 spiro atoms. The molecule has 2 atom stereocenters. The molecular weight excluding hydrogens is 169 g/mol. The Bertz CT molecular complexity index is 194. The largest absolute Gasteiger partial charge is 0.393 e. The van der Waals surface area contributed by atoms with Crippen molar-refractivity contribution >= 4 is 0 Å². The summed E-state index contributed by atoms with van der Waals surface area (Å²) < 4.78 is 36.6. The summed E-state index contributed by atoms with van der Waals surface area (Å²) in [4.78, 5) is 0. The Morgan fingerprint density at radius 3 is 2.58 bits per heavy atom. The lowest BCUT2D eigenvalue weighted by Gasteiger charge is -2.18. The molecule has 68 valence electrons. The Kier molecular flexibility index (Phi) is 2.58. The van der Waals surface area contributed by atoms with E-state index in [1.807, 2.05) is 0 Å². The van der Waals surface area contributed by atoms with Gasteiger partial charge in [0, 0.05) is 13.0 Å². The van der Waals surface area contributed by atoms with Crippen LogP contribution in [-0.4, -0.2) is 19.3 Å². The average Bonchev–Trinajstić information content (AvgIpc) is 2.34. The molecule has 0 aliphatic carbocycles. The van der Waals surface area contributed by atoms with Crippen molar-refractivity contribution in [1.29, 1.82) is 5.26 Å². The first-order valence-electron chi connectivity index (χ1n) is 3.70. The summed E-state index contributed by atoms with van der Waals surface area (Å²) in [5, 5.41) is 10.9. The summed E-state index contributed by atoms with van der Waals surface area (Å²) in [5.41, 5.74) is 0. The third-order valence-corrected chi connectivity index (χ3v) is 2.11. The van der Waals surface area contributed by atoms with Gasteiger partial charge in [-0.05, 0) is 12.5 Å². The van der Waals surface area contributed by atoms with E-state index in [0.29, 0.717) is 6.54 Å². The van der Waals surface area contributed by atoms with Gasteiger partial charge in [0.25, 0.3) is 0 Å². The Hall–Kier alpha value is -0.760. The fraction of sp³-hybridized carbons (Fsp3) is 0.857. The third kappa shape index (κ3) is 1.89. The molecule has 1 rings (SSSR count). The highest BCUT2D eigenvalue weighted by atomic mass is 19.4. The smallest absolute Gasteiger partial charge is 0.316 e. The summed E-state index contributed by atoms with van der Waals surface area (Å²) in [6.45, 7) is 0.258. The van der Waals surface area contributed by atoms with Gasteiger partial charge in [0.1, 0.15) is 0 Å². The molecule has 0 saturated carbocycles. The lowest BCUT2D eigenvalue weighted by atomic mass is 9.93. The Morgan fingerprint density at radius 2 is 2.08 bits per heavy atom. The van der Waals surface area contributed by atoms with Crippen LogP contribution in [0, 0.1) is 23.2 Å². The maximum absolute atomic E-state index is 12.2. The Balaban J connectivity index is 2.59. The number of rotatable bonds is 1. The zero-order valence-electron chi connectivity index (χ0n) is 6.36. The topological polar surface area (TPSA) is 35.8 Å². The van der Waals surface area contributed by atoms with Crippen molar-refractivity contribution in [3.8, 4) is 6.07 Å². The van der Waals surface area contributed by atoms with Crippen LogP contribution in [-0.2, 0) is 0 Å². The molecule has 1 aliphatic rings. The molecule has 2 nitrogen and oxygen atoms in total. The van der Waals surface area contributed by atoms with Crippen LogP contribution in [0.4, 0.5) is 13.2 Å². The third-order valence-electron chi connectivity index (χ3n) is 2.11. The maximum atomic E-state index is 12.2. The van der Waals surface area contributed by atoms with E-state index in [1.165, 1.54) is 0 Å². The minimum atomic E-state index is -4.16. The molecule has 0 aromatic carbocycles. The van der Waals surface area contributed by atoms with Crippen LogP contribution in [0.3, 0.4) is 0 Å². The van der Waals surface area contributed by atoms with Gasteiger partial charge in [0.05, 0.1) is 12.0 Å². The highest BCUT2D eigenvalue weighted by Crippen LogP contribution is 2.35. The molecule has 0 aromatic rings. The number of hydrogen-bond acceptors (Lipinski definition) is 2. The van der Waals surface area contributed by atoms with Crippen molar-refractivity contribution in [3.63, 3.8) is 0 Å². The van der Waals surface area contributed by atoms with Crippen LogP contribution in [0.2, 0.25) is 0 Å². The van der Waals surface area contributed by atoms with Gasteiger partial charge in [-0.25, -0.2) is 0 Å². The van der Waals surface area contributed by atoms with Gasteiger partial charge in [-0.15, -0.1) is 0 Å². The van der Waals surface area contributed by atoms with Gasteiger partial charge in [0.2, 0.25) is 0 Å². The van der Waals surface area contributed by atoms with Crippen molar-refractivity contribution < 1.29 is 13.2 Å². The normalized spacial score (nSPS) is 30.2. The summed E-state index contributed by atoms with van der Waals surface area (Å²) in [7, 11) is 0. The minimum absolute atomic E-state index is 0.0167. The van der Waals surface area contributed by atoms with E-state index < -0.39 is 18.0 Å². The van der Waals surface area contributed by atoms with Crippen LogP contribution < -0.4 is 5.32 Å². The zero-order chi connectivity index (χ0) is 9.19. The monoisotopic (exact) mass is 178 g/mol. The fourth-order valence-electron chi connectivity index (χ4n) is 1.45. The lowest BCUT2D eigenvalue weighted by molar-refractivity contribution is -0.178.